The van der Waals surface area contributed by atoms with Gasteiger partial charge in [0.15, 0.2) is 5.70 Å². The Morgan fingerprint density at radius 1 is 1.62 bits per heavy atom. The monoisotopic (exact) mass is 243 g/mol. The van der Waals surface area contributed by atoms with Crippen molar-refractivity contribution in [1.82, 2.24) is 4.90 Å². The van der Waals surface area contributed by atoms with Crippen LogP contribution >= 0.6 is 11.8 Å². The number of nitrogens with zero attached hydrogens (tertiary/aromatic N) is 1. The first-order chi connectivity index (χ1) is 7.41. The first-order valence-corrected chi connectivity index (χ1v) is 5.92. The second-order valence-corrected chi connectivity index (χ2v) is 5.42. The highest BCUT2D eigenvalue weighted by molar-refractivity contribution is 8.00. The zero-order chi connectivity index (χ0) is 12.1. The van der Waals surface area contributed by atoms with Crippen molar-refractivity contribution in [3.63, 3.8) is 0 Å². The highest BCUT2D eigenvalue weighted by Crippen LogP contribution is 2.50. The normalized spacial score (nSPS) is 27.3. The van der Waals surface area contributed by atoms with Gasteiger partial charge >= 0.3 is 5.97 Å². The summed E-state index contributed by atoms with van der Waals surface area (Å²) in [7, 11) is 1.23. The number of β-lactam (4-membered cyclic amide) rings is 1. The smallest absolute Gasteiger partial charge is 0.358 e. The van der Waals surface area contributed by atoms with E-state index in [9.17, 15) is 14.7 Å². The number of aliphatic hydroxyl groups is 1. The lowest BCUT2D eigenvalue weighted by atomic mass is 9.81. The third-order valence-electron chi connectivity index (χ3n) is 2.89. The molecule has 1 fully saturated rings. The van der Waals surface area contributed by atoms with Crippen LogP contribution in [-0.4, -0.2) is 40.1 Å². The zero-order valence-corrected chi connectivity index (χ0v) is 10.1. The third kappa shape index (κ3) is 1.25. The predicted octanol–water partition coefficient (Wildman–Crippen LogP) is 0.870. The molecule has 0 aromatic rings. The Kier molecular flexibility index (Phi) is 2.41. The summed E-state index contributed by atoms with van der Waals surface area (Å²) in [6.45, 7) is 3.67. The average molecular weight is 243 g/mol. The Bertz CT molecular complexity index is 402. The van der Waals surface area contributed by atoms with E-state index in [1.165, 1.54) is 23.8 Å². The molecule has 2 aliphatic rings. The summed E-state index contributed by atoms with van der Waals surface area (Å²) in [5, 5.41) is 9.55. The minimum atomic E-state index is -0.661. The summed E-state index contributed by atoms with van der Waals surface area (Å²) in [6.07, 6.45) is 0. The number of carbonyl (C=O) groups is 2. The molecule has 2 heterocycles. The first kappa shape index (κ1) is 11.3. The third-order valence-corrected chi connectivity index (χ3v) is 4.45. The van der Waals surface area contributed by atoms with E-state index in [1.54, 1.807) is 0 Å². The van der Waals surface area contributed by atoms with Crippen LogP contribution in [0.25, 0.3) is 0 Å². The maximum absolute atomic E-state index is 11.9. The van der Waals surface area contributed by atoms with E-state index in [2.05, 4.69) is 4.74 Å². The van der Waals surface area contributed by atoms with Gasteiger partial charge in [-0.2, -0.15) is 0 Å². The van der Waals surface area contributed by atoms with Crippen LogP contribution in [0.2, 0.25) is 0 Å². The summed E-state index contributed by atoms with van der Waals surface area (Å²) >= 11 is 1.45. The fourth-order valence-electron chi connectivity index (χ4n) is 1.96. The highest BCUT2D eigenvalue weighted by atomic mass is 32.2. The van der Waals surface area contributed by atoms with E-state index in [-0.39, 0.29) is 22.7 Å². The van der Waals surface area contributed by atoms with Crippen LogP contribution in [0.1, 0.15) is 13.8 Å². The molecule has 0 radical (unpaired) electrons. The largest absolute Gasteiger partial charge is 0.509 e. The SMILES string of the molecule is COC(=O)C1=C(O)CSC2N1C(=O)C2(C)C. The van der Waals surface area contributed by atoms with Crippen LogP contribution in [0.3, 0.4) is 0 Å². The van der Waals surface area contributed by atoms with E-state index < -0.39 is 11.4 Å². The van der Waals surface area contributed by atoms with Crippen molar-refractivity contribution in [2.75, 3.05) is 12.9 Å². The number of ether oxygens (including phenoxy) is 1. The zero-order valence-electron chi connectivity index (χ0n) is 9.31. The molecule has 1 N–H and O–H groups in total. The maximum atomic E-state index is 11.9. The quantitative estimate of drug-likeness (QED) is 0.547. The predicted molar refractivity (Wildman–Crippen MR) is 58.5 cm³/mol. The number of esters is 1. The molecule has 1 atom stereocenters. The molecule has 1 amide bonds. The van der Waals surface area contributed by atoms with Gasteiger partial charge in [0.1, 0.15) is 5.76 Å². The second kappa shape index (κ2) is 3.41. The van der Waals surface area contributed by atoms with Gasteiger partial charge in [-0.15, -0.1) is 11.8 Å². The van der Waals surface area contributed by atoms with Gasteiger partial charge < -0.3 is 9.84 Å². The van der Waals surface area contributed by atoms with Crippen molar-refractivity contribution < 1.29 is 19.4 Å². The van der Waals surface area contributed by atoms with Gasteiger partial charge in [-0.25, -0.2) is 4.79 Å². The number of hydrogen-bond acceptors (Lipinski definition) is 5. The van der Waals surface area contributed by atoms with E-state index >= 15 is 0 Å². The lowest BCUT2D eigenvalue weighted by Gasteiger charge is -2.54. The number of fused-ring (bicyclic) bond motifs is 1. The second-order valence-electron chi connectivity index (χ2n) is 4.35. The van der Waals surface area contributed by atoms with Crippen molar-refractivity contribution in [2.24, 2.45) is 5.41 Å². The number of rotatable bonds is 1. The Labute approximate surface area is 97.4 Å². The maximum Gasteiger partial charge on any atom is 0.358 e. The van der Waals surface area contributed by atoms with Crippen molar-refractivity contribution in [2.45, 2.75) is 19.2 Å². The molecule has 1 saturated heterocycles. The Morgan fingerprint density at radius 3 is 2.81 bits per heavy atom. The summed E-state index contributed by atoms with van der Waals surface area (Å²) in [6, 6.07) is 0. The number of thioether (sulfide) groups is 1. The van der Waals surface area contributed by atoms with E-state index in [4.69, 9.17) is 0 Å². The van der Waals surface area contributed by atoms with E-state index in [1.807, 2.05) is 13.8 Å². The molecule has 2 aliphatic heterocycles. The van der Waals surface area contributed by atoms with Gasteiger partial charge in [-0.3, -0.25) is 9.69 Å². The lowest BCUT2D eigenvalue weighted by Crippen LogP contribution is -2.66. The topological polar surface area (TPSA) is 66.8 Å². The fraction of sp³-hybridized carbons (Fsp3) is 0.600. The number of hydrogen-bond donors (Lipinski definition) is 1. The molecule has 6 heteroatoms. The molecule has 0 aliphatic carbocycles. The molecular weight excluding hydrogens is 230 g/mol. The number of methoxy groups -OCH3 is 1. The average Bonchev–Trinajstić information content (AvgIpc) is 2.26. The molecule has 88 valence electrons. The van der Waals surface area contributed by atoms with Crippen molar-refractivity contribution >= 4 is 23.6 Å². The summed E-state index contributed by atoms with van der Waals surface area (Å²) in [4.78, 5) is 24.7. The molecule has 2 rings (SSSR count). The molecule has 16 heavy (non-hydrogen) atoms. The van der Waals surface area contributed by atoms with Gasteiger partial charge in [0, 0.05) is 0 Å². The van der Waals surface area contributed by atoms with E-state index in [0.717, 1.165) is 0 Å². The van der Waals surface area contributed by atoms with Gasteiger partial charge in [0.25, 0.3) is 0 Å². The number of aliphatic hydroxyl groups excluding tert-OH is 1. The molecular formula is C10H13NO4S. The molecule has 0 spiro atoms. The molecule has 1 unspecified atom stereocenters. The van der Waals surface area contributed by atoms with Crippen LogP contribution in [0.5, 0.6) is 0 Å². The minimum absolute atomic E-state index is 0.00410. The molecule has 5 nitrogen and oxygen atoms in total. The van der Waals surface area contributed by atoms with Gasteiger partial charge in [-0.05, 0) is 13.8 Å². The van der Waals surface area contributed by atoms with Gasteiger partial charge in [0.05, 0.1) is 23.7 Å². The summed E-state index contributed by atoms with van der Waals surface area (Å²) in [5.74, 6) is -0.567. The molecule has 0 bridgehead atoms. The summed E-state index contributed by atoms with van der Waals surface area (Å²) in [5.41, 5.74) is -0.486. The standard InChI is InChI=1S/C10H13NO4S/c1-10(2)8(14)11-6(7(13)15-3)5(12)4-16-9(10)11/h9,12H,4H2,1-3H3. The van der Waals surface area contributed by atoms with Gasteiger partial charge in [-0.1, -0.05) is 0 Å². The van der Waals surface area contributed by atoms with Crippen LogP contribution in [0.4, 0.5) is 0 Å². The van der Waals surface area contributed by atoms with Gasteiger partial charge in [0.2, 0.25) is 5.91 Å². The van der Waals surface area contributed by atoms with Crippen LogP contribution in [0.15, 0.2) is 11.5 Å². The summed E-state index contributed by atoms with van der Waals surface area (Å²) < 4.78 is 4.57. The Hall–Kier alpha value is -1.17. The molecule has 0 aromatic carbocycles. The highest BCUT2D eigenvalue weighted by Gasteiger charge is 2.59. The lowest BCUT2D eigenvalue weighted by molar-refractivity contribution is -0.161. The molecule has 0 saturated carbocycles. The Morgan fingerprint density at radius 2 is 2.25 bits per heavy atom. The first-order valence-electron chi connectivity index (χ1n) is 4.87. The molecule has 0 aromatic heterocycles. The number of carbonyl (C=O) groups excluding carboxylic acids is 2. The van der Waals surface area contributed by atoms with E-state index in [0.29, 0.717) is 5.75 Å². The number of amides is 1. The Balaban J connectivity index is 2.38. The van der Waals surface area contributed by atoms with Crippen molar-refractivity contribution in [1.29, 1.82) is 0 Å². The minimum Gasteiger partial charge on any atom is -0.509 e. The van der Waals surface area contributed by atoms with Crippen LogP contribution in [-0.2, 0) is 14.3 Å². The van der Waals surface area contributed by atoms with Crippen molar-refractivity contribution in [3.8, 4) is 0 Å². The fourth-order valence-corrected chi connectivity index (χ4v) is 3.28. The van der Waals surface area contributed by atoms with Crippen LogP contribution < -0.4 is 0 Å². The van der Waals surface area contributed by atoms with Crippen molar-refractivity contribution in [3.05, 3.63) is 11.5 Å². The van der Waals surface area contributed by atoms with Crippen LogP contribution in [0, 0.1) is 5.41 Å².